The maximum Gasteiger partial charge on any atom is 0.241 e. The second kappa shape index (κ2) is 7.99. The van der Waals surface area contributed by atoms with Crippen LogP contribution in [0.2, 0.25) is 0 Å². The van der Waals surface area contributed by atoms with Crippen LogP contribution in [-0.2, 0) is 9.63 Å². The van der Waals surface area contributed by atoms with Gasteiger partial charge in [0.05, 0.1) is 12.8 Å². The fraction of sp³-hybridized carbons (Fsp3) is 0.263. The van der Waals surface area contributed by atoms with E-state index in [2.05, 4.69) is 21.0 Å². The molecule has 0 aliphatic carbocycles. The summed E-state index contributed by atoms with van der Waals surface area (Å²) in [6.45, 7) is 1.76. The summed E-state index contributed by atoms with van der Waals surface area (Å²) in [5, 5.41) is 7.72. The van der Waals surface area contributed by atoms with Gasteiger partial charge in [0.1, 0.15) is 12.4 Å². The molecule has 1 amide bonds. The van der Waals surface area contributed by atoms with E-state index in [0.717, 1.165) is 21.3 Å². The van der Waals surface area contributed by atoms with Gasteiger partial charge in [-0.1, -0.05) is 28.1 Å². The molecule has 0 radical (unpaired) electrons. The van der Waals surface area contributed by atoms with Crippen LogP contribution >= 0.6 is 15.9 Å². The standard InChI is InChI=1S/C19H20BrN3O3/c1-13(24)23-19(15-4-8-16(20)9-5-15)22(2)26-12-18(21-23)14-6-10-17(25-3)11-7-14/h4-11,19H,12H2,1-3H3/t19-/m1/s1. The molecule has 0 saturated heterocycles. The number of hydrogen-bond donors (Lipinski definition) is 0. The van der Waals surface area contributed by atoms with Crippen molar-refractivity contribution in [3.05, 3.63) is 64.1 Å². The monoisotopic (exact) mass is 417 g/mol. The van der Waals surface area contributed by atoms with Crippen molar-refractivity contribution in [2.24, 2.45) is 5.10 Å². The lowest BCUT2D eigenvalue weighted by atomic mass is 10.1. The Labute approximate surface area is 161 Å². The molecule has 0 spiro atoms. The second-order valence-electron chi connectivity index (χ2n) is 5.88. The molecule has 6 nitrogen and oxygen atoms in total. The summed E-state index contributed by atoms with van der Waals surface area (Å²) in [5.74, 6) is 0.596. The Hall–Kier alpha value is -2.22. The van der Waals surface area contributed by atoms with E-state index in [0.29, 0.717) is 5.71 Å². The van der Waals surface area contributed by atoms with Crippen molar-refractivity contribution in [3.8, 4) is 5.75 Å². The molecule has 7 heteroatoms. The Kier molecular flexibility index (Phi) is 5.70. The van der Waals surface area contributed by atoms with Crippen molar-refractivity contribution < 1.29 is 14.4 Å². The highest BCUT2D eigenvalue weighted by Crippen LogP contribution is 2.29. The van der Waals surface area contributed by atoms with Gasteiger partial charge in [-0.3, -0.25) is 9.63 Å². The first-order valence-electron chi connectivity index (χ1n) is 8.12. The van der Waals surface area contributed by atoms with Crippen molar-refractivity contribution >= 4 is 27.5 Å². The summed E-state index contributed by atoms with van der Waals surface area (Å²) in [5.41, 5.74) is 2.46. The third-order valence-corrected chi connectivity index (χ3v) is 4.65. The third-order valence-electron chi connectivity index (χ3n) is 4.12. The molecule has 26 heavy (non-hydrogen) atoms. The fourth-order valence-corrected chi connectivity index (χ4v) is 3.02. The van der Waals surface area contributed by atoms with Gasteiger partial charge in [-0.25, -0.2) is 5.01 Å². The molecule has 3 rings (SSSR count). The number of benzene rings is 2. The number of amides is 1. The Morgan fingerprint density at radius 3 is 2.42 bits per heavy atom. The Bertz CT molecular complexity index is 806. The number of halogens is 1. The molecule has 0 aromatic heterocycles. The molecular weight excluding hydrogens is 398 g/mol. The van der Waals surface area contributed by atoms with Crippen molar-refractivity contribution in [1.29, 1.82) is 0 Å². The minimum atomic E-state index is -0.448. The van der Waals surface area contributed by atoms with E-state index >= 15 is 0 Å². The molecule has 0 fully saturated rings. The maximum atomic E-state index is 12.3. The number of ether oxygens (including phenoxy) is 1. The largest absolute Gasteiger partial charge is 0.497 e. The average Bonchev–Trinajstić information content (AvgIpc) is 2.82. The van der Waals surface area contributed by atoms with Crippen LogP contribution in [0.15, 0.2) is 58.1 Å². The topological polar surface area (TPSA) is 54.4 Å². The van der Waals surface area contributed by atoms with Gasteiger partial charge in [-0.05, 0) is 42.0 Å². The van der Waals surface area contributed by atoms with Gasteiger partial charge in [0.25, 0.3) is 0 Å². The molecule has 1 heterocycles. The number of nitrogens with zero attached hydrogens (tertiary/aromatic N) is 3. The molecule has 0 unspecified atom stereocenters. The number of hydrazone groups is 1. The van der Waals surface area contributed by atoms with E-state index in [1.54, 1.807) is 19.2 Å². The summed E-state index contributed by atoms with van der Waals surface area (Å²) in [6, 6.07) is 15.3. The number of hydrogen-bond acceptors (Lipinski definition) is 5. The summed E-state index contributed by atoms with van der Waals surface area (Å²) in [6.07, 6.45) is -0.448. The smallest absolute Gasteiger partial charge is 0.241 e. The molecule has 2 aromatic carbocycles. The fourth-order valence-electron chi connectivity index (χ4n) is 2.75. The molecular formula is C19H20BrN3O3. The second-order valence-corrected chi connectivity index (χ2v) is 6.80. The lowest BCUT2D eigenvalue weighted by Gasteiger charge is -2.31. The Morgan fingerprint density at radius 2 is 1.85 bits per heavy atom. The van der Waals surface area contributed by atoms with Crippen LogP contribution in [0.5, 0.6) is 5.75 Å². The molecule has 0 bridgehead atoms. The lowest BCUT2D eigenvalue weighted by molar-refractivity contribution is -0.191. The van der Waals surface area contributed by atoms with E-state index < -0.39 is 6.17 Å². The van der Waals surface area contributed by atoms with Crippen molar-refractivity contribution in [2.45, 2.75) is 13.1 Å². The Morgan fingerprint density at radius 1 is 1.19 bits per heavy atom. The number of hydroxylamine groups is 2. The quantitative estimate of drug-likeness (QED) is 0.765. The van der Waals surface area contributed by atoms with Gasteiger partial charge in [-0.15, -0.1) is 0 Å². The number of methoxy groups -OCH3 is 1. The van der Waals surface area contributed by atoms with Crippen LogP contribution in [-0.4, -0.2) is 42.5 Å². The van der Waals surface area contributed by atoms with Crippen LogP contribution < -0.4 is 4.74 Å². The first kappa shape index (κ1) is 18.6. The van der Waals surface area contributed by atoms with Crippen LogP contribution in [0.4, 0.5) is 0 Å². The number of carbonyl (C=O) groups is 1. The van der Waals surface area contributed by atoms with Crippen molar-refractivity contribution in [2.75, 3.05) is 20.8 Å². The lowest BCUT2D eigenvalue weighted by Crippen LogP contribution is -2.37. The molecule has 1 aliphatic rings. The predicted octanol–water partition coefficient (Wildman–Crippen LogP) is 3.59. The summed E-state index contributed by atoms with van der Waals surface area (Å²) >= 11 is 3.43. The maximum absolute atomic E-state index is 12.3. The molecule has 2 aromatic rings. The first-order chi connectivity index (χ1) is 12.5. The van der Waals surface area contributed by atoms with Gasteiger partial charge < -0.3 is 4.74 Å². The van der Waals surface area contributed by atoms with E-state index in [-0.39, 0.29) is 12.5 Å². The molecule has 0 saturated carbocycles. The Balaban J connectivity index is 2.00. The van der Waals surface area contributed by atoms with Crippen LogP contribution in [0, 0.1) is 0 Å². The average molecular weight is 418 g/mol. The summed E-state index contributed by atoms with van der Waals surface area (Å²) in [4.78, 5) is 18.2. The normalized spacial score (nSPS) is 18.2. The zero-order chi connectivity index (χ0) is 18.7. The molecule has 1 atom stereocenters. The van der Waals surface area contributed by atoms with Crippen LogP contribution in [0.25, 0.3) is 0 Å². The van der Waals surface area contributed by atoms with Gasteiger partial charge in [-0.2, -0.15) is 10.2 Å². The molecule has 136 valence electrons. The highest BCUT2D eigenvalue weighted by molar-refractivity contribution is 9.10. The first-order valence-corrected chi connectivity index (χ1v) is 8.92. The highest BCUT2D eigenvalue weighted by atomic mass is 79.9. The summed E-state index contributed by atoms with van der Waals surface area (Å²) < 4.78 is 6.16. The molecule has 0 N–H and O–H groups in total. The van der Waals surface area contributed by atoms with Crippen molar-refractivity contribution in [1.82, 2.24) is 10.1 Å². The minimum absolute atomic E-state index is 0.165. The van der Waals surface area contributed by atoms with Crippen LogP contribution in [0.1, 0.15) is 24.2 Å². The zero-order valence-corrected chi connectivity index (χ0v) is 16.4. The SMILES string of the molecule is COc1ccc(C2=NN(C(C)=O)[C@H](c3ccc(Br)cc3)N(C)OC2)cc1. The number of rotatable bonds is 3. The highest BCUT2D eigenvalue weighted by Gasteiger charge is 2.31. The minimum Gasteiger partial charge on any atom is -0.497 e. The van der Waals surface area contributed by atoms with Gasteiger partial charge in [0, 0.05) is 24.0 Å². The predicted molar refractivity (Wildman–Crippen MR) is 103 cm³/mol. The van der Waals surface area contributed by atoms with Crippen LogP contribution in [0.3, 0.4) is 0 Å². The van der Waals surface area contributed by atoms with Gasteiger partial charge in [0.2, 0.25) is 5.91 Å². The van der Waals surface area contributed by atoms with Gasteiger partial charge in [0.15, 0.2) is 6.17 Å². The summed E-state index contributed by atoms with van der Waals surface area (Å²) in [7, 11) is 3.42. The number of carbonyl (C=O) groups excluding carboxylic acids is 1. The third kappa shape index (κ3) is 3.95. The van der Waals surface area contributed by atoms with E-state index in [9.17, 15) is 4.79 Å². The van der Waals surface area contributed by atoms with E-state index in [4.69, 9.17) is 9.57 Å². The van der Waals surface area contributed by atoms with Gasteiger partial charge >= 0.3 is 0 Å². The van der Waals surface area contributed by atoms with Crippen molar-refractivity contribution in [3.63, 3.8) is 0 Å². The van der Waals surface area contributed by atoms with E-state index in [1.807, 2.05) is 48.5 Å². The molecule has 1 aliphatic heterocycles. The van der Waals surface area contributed by atoms with E-state index in [1.165, 1.54) is 11.9 Å². The zero-order valence-electron chi connectivity index (χ0n) is 14.8.